The number of likely N-dealkylation sites (tertiary alicyclic amines) is 1. The Kier molecular flexibility index (Phi) is 6.86. The van der Waals surface area contributed by atoms with Crippen LogP contribution in [0.2, 0.25) is 0 Å². The number of nitrogens with zero attached hydrogens (tertiary/aromatic N) is 2. The Balaban J connectivity index is 1.81. The third kappa shape index (κ3) is 6.41. The third-order valence-electron chi connectivity index (χ3n) is 6.35. The van der Waals surface area contributed by atoms with Crippen LogP contribution < -0.4 is 10.2 Å². The van der Waals surface area contributed by atoms with Crippen LogP contribution >= 0.6 is 0 Å². The van der Waals surface area contributed by atoms with Crippen molar-refractivity contribution in [3.05, 3.63) is 17.8 Å². The number of carbonyl (C=O) groups excluding carboxylic acids is 1. The molecule has 184 valence electrons. The fourth-order valence-electron chi connectivity index (χ4n) is 3.92. The molecule has 0 saturated carbocycles. The van der Waals surface area contributed by atoms with Crippen LogP contribution in [-0.4, -0.2) is 58.6 Å². The number of hydrogen-bond donors (Lipinski definition) is 0. The predicted octanol–water partition coefficient (Wildman–Crippen LogP) is 4.67. The summed E-state index contributed by atoms with van der Waals surface area (Å²) in [5, 5.41) is 0. The largest absolute Gasteiger partial charge is 0.495 e. The van der Waals surface area contributed by atoms with E-state index in [0.717, 1.165) is 24.0 Å². The highest BCUT2D eigenvalue weighted by molar-refractivity contribution is 6.62. The molecule has 0 aliphatic carbocycles. The summed E-state index contributed by atoms with van der Waals surface area (Å²) < 4.78 is 24.3. The van der Waals surface area contributed by atoms with Gasteiger partial charge in [0.15, 0.2) is 0 Å². The quantitative estimate of drug-likeness (QED) is 0.611. The first-order valence-corrected chi connectivity index (χ1v) is 12.0. The maximum atomic E-state index is 12.5. The van der Waals surface area contributed by atoms with Crippen LogP contribution in [0, 0.1) is 0 Å². The molecular weight excluding hydrogens is 419 g/mol. The number of carbonyl (C=O) groups is 1. The average molecular weight is 460 g/mol. The van der Waals surface area contributed by atoms with Crippen molar-refractivity contribution in [2.75, 3.05) is 13.1 Å². The van der Waals surface area contributed by atoms with Gasteiger partial charge < -0.3 is 23.7 Å². The van der Waals surface area contributed by atoms with E-state index in [1.807, 2.05) is 75.3 Å². The van der Waals surface area contributed by atoms with Gasteiger partial charge in [0.2, 0.25) is 5.88 Å². The van der Waals surface area contributed by atoms with E-state index >= 15 is 0 Å². The van der Waals surface area contributed by atoms with Crippen LogP contribution in [0.5, 0.6) is 5.88 Å². The number of rotatable bonds is 3. The highest BCUT2D eigenvalue weighted by Crippen LogP contribution is 2.37. The lowest BCUT2D eigenvalue weighted by Crippen LogP contribution is -2.41. The summed E-state index contributed by atoms with van der Waals surface area (Å²) in [6.45, 7) is 21.2. The first-order valence-electron chi connectivity index (χ1n) is 12.0. The van der Waals surface area contributed by atoms with Crippen molar-refractivity contribution in [3.63, 3.8) is 0 Å². The predicted molar refractivity (Wildman–Crippen MR) is 130 cm³/mol. The van der Waals surface area contributed by atoms with Gasteiger partial charge in [0.1, 0.15) is 11.2 Å². The molecule has 1 aromatic rings. The Morgan fingerprint density at radius 1 is 1.00 bits per heavy atom. The number of piperidine rings is 1. The zero-order chi connectivity index (χ0) is 24.8. The molecule has 2 saturated heterocycles. The van der Waals surface area contributed by atoms with Crippen LogP contribution in [0.3, 0.4) is 0 Å². The van der Waals surface area contributed by atoms with E-state index in [2.05, 4.69) is 6.07 Å². The fourth-order valence-corrected chi connectivity index (χ4v) is 3.92. The third-order valence-corrected chi connectivity index (χ3v) is 6.35. The van der Waals surface area contributed by atoms with Gasteiger partial charge in [0, 0.05) is 30.8 Å². The maximum absolute atomic E-state index is 12.5. The molecule has 1 amide bonds. The SMILES string of the molecule is CC(C)(C)OC(=O)N1CCC(c2cc(B3OC(C)(C)C(C)(C)O3)cc(OC(C)(C)C)n2)CC1. The minimum absolute atomic E-state index is 0.216. The molecule has 7 nitrogen and oxygen atoms in total. The Morgan fingerprint density at radius 3 is 2.03 bits per heavy atom. The molecule has 0 atom stereocenters. The molecule has 33 heavy (non-hydrogen) atoms. The first-order chi connectivity index (χ1) is 15.0. The molecule has 0 bridgehead atoms. The van der Waals surface area contributed by atoms with Crippen molar-refractivity contribution in [1.82, 2.24) is 9.88 Å². The van der Waals surface area contributed by atoms with Crippen LogP contribution in [0.1, 0.15) is 93.7 Å². The number of ether oxygens (including phenoxy) is 2. The molecule has 0 N–H and O–H groups in total. The molecule has 2 fully saturated rings. The summed E-state index contributed by atoms with van der Waals surface area (Å²) in [5.41, 5.74) is 0.137. The second kappa shape index (κ2) is 8.77. The fraction of sp³-hybridized carbons (Fsp3) is 0.760. The number of amides is 1. The van der Waals surface area contributed by atoms with Gasteiger partial charge in [-0.1, -0.05) is 0 Å². The summed E-state index contributed by atoms with van der Waals surface area (Å²) in [5.74, 6) is 0.785. The van der Waals surface area contributed by atoms with E-state index in [9.17, 15) is 4.79 Å². The minimum Gasteiger partial charge on any atom is -0.472 e. The molecule has 2 aliphatic heterocycles. The highest BCUT2D eigenvalue weighted by atomic mass is 16.7. The molecule has 0 unspecified atom stereocenters. The number of hydrogen-bond acceptors (Lipinski definition) is 6. The van der Waals surface area contributed by atoms with E-state index < -0.39 is 23.9 Å². The zero-order valence-electron chi connectivity index (χ0n) is 22.1. The van der Waals surface area contributed by atoms with E-state index in [1.165, 1.54) is 0 Å². The van der Waals surface area contributed by atoms with Crippen LogP contribution in [0.15, 0.2) is 12.1 Å². The average Bonchev–Trinajstić information content (AvgIpc) is 2.86. The van der Waals surface area contributed by atoms with E-state index in [4.69, 9.17) is 23.8 Å². The standard InChI is InChI=1S/C25H41BN2O5/c1-22(2,3)30-20-16-18(26-32-24(7,8)25(9,10)33-26)15-19(27-20)17-11-13-28(14-12-17)21(29)31-23(4,5)6/h15-17H,11-14H2,1-10H3. The van der Waals surface area contributed by atoms with E-state index in [-0.39, 0.29) is 17.6 Å². The molecular formula is C25H41BN2O5. The molecule has 0 radical (unpaired) electrons. The lowest BCUT2D eigenvalue weighted by molar-refractivity contribution is 0.00578. The van der Waals surface area contributed by atoms with Crippen molar-refractivity contribution in [2.24, 2.45) is 0 Å². The summed E-state index contributed by atoms with van der Waals surface area (Å²) >= 11 is 0. The number of pyridine rings is 1. The van der Waals surface area contributed by atoms with Crippen LogP contribution in [0.25, 0.3) is 0 Å². The van der Waals surface area contributed by atoms with Gasteiger partial charge in [0.05, 0.1) is 11.2 Å². The second-order valence-electron chi connectivity index (χ2n) is 12.2. The van der Waals surface area contributed by atoms with Crippen molar-refractivity contribution in [2.45, 2.75) is 110 Å². The topological polar surface area (TPSA) is 70.1 Å². The summed E-state index contributed by atoms with van der Waals surface area (Å²) in [6.07, 6.45) is 1.37. The van der Waals surface area contributed by atoms with Crippen LogP contribution in [-0.2, 0) is 14.0 Å². The normalized spacial score (nSPS) is 21.3. The van der Waals surface area contributed by atoms with Crippen molar-refractivity contribution in [1.29, 1.82) is 0 Å². The molecule has 0 spiro atoms. The smallest absolute Gasteiger partial charge is 0.472 e. The highest BCUT2D eigenvalue weighted by Gasteiger charge is 2.52. The van der Waals surface area contributed by atoms with Gasteiger partial charge in [-0.05, 0) is 93.6 Å². The Morgan fingerprint density at radius 2 is 1.55 bits per heavy atom. The monoisotopic (exact) mass is 460 g/mol. The van der Waals surface area contributed by atoms with Gasteiger partial charge in [-0.25, -0.2) is 9.78 Å². The summed E-state index contributed by atoms with van der Waals surface area (Å²) in [7, 11) is -0.485. The molecule has 3 heterocycles. The molecule has 8 heteroatoms. The van der Waals surface area contributed by atoms with Crippen molar-refractivity contribution in [3.8, 4) is 5.88 Å². The van der Waals surface area contributed by atoms with Crippen molar-refractivity contribution >= 4 is 18.7 Å². The Labute approximate surface area is 199 Å². The van der Waals surface area contributed by atoms with Gasteiger partial charge >= 0.3 is 13.2 Å². The minimum atomic E-state index is -0.494. The molecule has 1 aromatic heterocycles. The maximum Gasteiger partial charge on any atom is 0.495 e. The molecule has 2 aliphatic rings. The second-order valence-corrected chi connectivity index (χ2v) is 12.2. The Hall–Kier alpha value is -1.80. The van der Waals surface area contributed by atoms with E-state index in [0.29, 0.717) is 19.0 Å². The summed E-state index contributed by atoms with van der Waals surface area (Å²) in [4.78, 5) is 19.1. The number of aromatic nitrogens is 1. The van der Waals surface area contributed by atoms with Gasteiger partial charge in [0.25, 0.3) is 0 Å². The zero-order valence-corrected chi connectivity index (χ0v) is 22.1. The van der Waals surface area contributed by atoms with Gasteiger partial charge in [-0.3, -0.25) is 0 Å². The van der Waals surface area contributed by atoms with Crippen LogP contribution in [0.4, 0.5) is 4.79 Å². The van der Waals surface area contributed by atoms with Gasteiger partial charge in [-0.15, -0.1) is 0 Å². The first kappa shape index (κ1) is 25.8. The van der Waals surface area contributed by atoms with Crippen molar-refractivity contribution < 1.29 is 23.6 Å². The van der Waals surface area contributed by atoms with E-state index in [1.54, 1.807) is 4.90 Å². The lowest BCUT2D eigenvalue weighted by Gasteiger charge is -2.33. The summed E-state index contributed by atoms with van der Waals surface area (Å²) in [6, 6.07) is 4.00. The molecule has 0 aromatic carbocycles. The molecule has 3 rings (SSSR count). The lowest BCUT2D eigenvalue weighted by atomic mass is 9.78. The van der Waals surface area contributed by atoms with Gasteiger partial charge in [-0.2, -0.15) is 0 Å². The Bertz CT molecular complexity index is 849.